The number of aromatic nitrogens is 1. The van der Waals surface area contributed by atoms with Gasteiger partial charge < -0.3 is 4.42 Å². The fourth-order valence-electron chi connectivity index (χ4n) is 3.39. The summed E-state index contributed by atoms with van der Waals surface area (Å²) < 4.78 is 5.70. The predicted molar refractivity (Wildman–Crippen MR) is 116 cm³/mol. The molecule has 5 heteroatoms. The third kappa shape index (κ3) is 4.91. The van der Waals surface area contributed by atoms with Gasteiger partial charge in [-0.25, -0.2) is 0 Å². The quantitative estimate of drug-likeness (QED) is 0.430. The summed E-state index contributed by atoms with van der Waals surface area (Å²) in [5.74, 6) is 0. The molecule has 146 valence electrons. The average molecular weight is 405 g/mol. The van der Waals surface area contributed by atoms with Crippen molar-refractivity contribution in [2.45, 2.75) is 19.5 Å². The molecule has 2 heterocycles. The van der Waals surface area contributed by atoms with Gasteiger partial charge in [0.1, 0.15) is 5.58 Å². The fourth-order valence-corrected chi connectivity index (χ4v) is 3.56. The van der Waals surface area contributed by atoms with Gasteiger partial charge in [0, 0.05) is 42.6 Å². The zero-order valence-corrected chi connectivity index (χ0v) is 16.7. The monoisotopic (exact) mass is 404 g/mol. The Kier molecular flexibility index (Phi) is 6.03. The summed E-state index contributed by atoms with van der Waals surface area (Å²) in [6.07, 6.45) is 6.05. The Bertz CT molecular complexity index is 1140. The third-order valence-corrected chi connectivity index (χ3v) is 5.15. The smallest absolute Gasteiger partial charge is 0.197 e. The van der Waals surface area contributed by atoms with Gasteiger partial charge in [0.25, 0.3) is 0 Å². The molecule has 0 unspecified atom stereocenters. The number of hydrogen-bond donors (Lipinski definition) is 0. The van der Waals surface area contributed by atoms with Crippen LogP contribution in [-0.4, -0.2) is 16.4 Å². The van der Waals surface area contributed by atoms with Crippen molar-refractivity contribution < 1.29 is 4.42 Å². The van der Waals surface area contributed by atoms with E-state index in [-0.39, 0.29) is 5.43 Å². The van der Waals surface area contributed by atoms with Crippen LogP contribution in [0.15, 0.2) is 88.5 Å². The third-order valence-electron chi connectivity index (χ3n) is 4.92. The summed E-state index contributed by atoms with van der Waals surface area (Å²) in [5.41, 5.74) is 3.56. The first kappa shape index (κ1) is 19.4. The molecular formula is C24H21ClN2O2. The molecule has 0 spiro atoms. The van der Waals surface area contributed by atoms with Gasteiger partial charge in [-0.15, -0.1) is 0 Å². The first-order valence-electron chi connectivity index (χ1n) is 9.54. The summed E-state index contributed by atoms with van der Waals surface area (Å²) in [4.78, 5) is 19.3. The lowest BCUT2D eigenvalue weighted by Crippen LogP contribution is -2.28. The number of nitrogens with zero attached hydrogens (tertiary/aromatic N) is 2. The Morgan fingerprint density at radius 1 is 0.931 bits per heavy atom. The normalized spacial score (nSPS) is 11.2. The highest BCUT2D eigenvalue weighted by Crippen LogP contribution is 2.18. The molecule has 4 nitrogen and oxygen atoms in total. The number of rotatable bonds is 7. The van der Waals surface area contributed by atoms with Gasteiger partial charge >= 0.3 is 0 Å². The van der Waals surface area contributed by atoms with Gasteiger partial charge in [0.2, 0.25) is 0 Å². The Labute approximate surface area is 174 Å². The Morgan fingerprint density at radius 2 is 1.72 bits per heavy atom. The molecule has 0 aliphatic carbocycles. The van der Waals surface area contributed by atoms with E-state index in [9.17, 15) is 4.79 Å². The lowest BCUT2D eigenvalue weighted by Gasteiger charge is -2.22. The van der Waals surface area contributed by atoms with E-state index >= 15 is 0 Å². The molecule has 4 aromatic rings. The van der Waals surface area contributed by atoms with Crippen molar-refractivity contribution >= 4 is 22.6 Å². The minimum Gasteiger partial charge on any atom is -0.464 e. The lowest BCUT2D eigenvalue weighted by molar-refractivity contribution is 0.257. The van der Waals surface area contributed by atoms with E-state index in [0.717, 1.165) is 25.1 Å². The molecule has 0 saturated heterocycles. The molecule has 0 N–H and O–H groups in total. The highest BCUT2D eigenvalue weighted by atomic mass is 35.5. The van der Waals surface area contributed by atoms with E-state index in [1.165, 1.54) is 5.56 Å². The highest BCUT2D eigenvalue weighted by molar-refractivity contribution is 6.31. The molecule has 0 atom stereocenters. The van der Waals surface area contributed by atoms with Gasteiger partial charge in [-0.1, -0.05) is 41.9 Å². The van der Waals surface area contributed by atoms with Crippen LogP contribution < -0.4 is 5.43 Å². The van der Waals surface area contributed by atoms with E-state index < -0.39 is 0 Å². The van der Waals surface area contributed by atoms with Gasteiger partial charge in [-0.3, -0.25) is 14.7 Å². The van der Waals surface area contributed by atoms with Gasteiger partial charge in [0.05, 0.1) is 11.6 Å². The van der Waals surface area contributed by atoms with Crippen molar-refractivity contribution in [1.29, 1.82) is 0 Å². The van der Waals surface area contributed by atoms with Crippen LogP contribution in [0, 0.1) is 0 Å². The van der Waals surface area contributed by atoms with Crippen LogP contribution in [0.3, 0.4) is 0 Å². The molecular weight excluding hydrogens is 384 g/mol. The maximum absolute atomic E-state index is 13.0. The molecule has 0 aliphatic heterocycles. The van der Waals surface area contributed by atoms with Crippen molar-refractivity contribution in [2.24, 2.45) is 0 Å². The van der Waals surface area contributed by atoms with Crippen LogP contribution >= 0.6 is 11.6 Å². The average Bonchev–Trinajstić information content (AvgIpc) is 2.76. The van der Waals surface area contributed by atoms with Crippen molar-refractivity contribution in [1.82, 2.24) is 9.88 Å². The Morgan fingerprint density at radius 3 is 2.52 bits per heavy atom. The number of benzene rings is 2. The first-order valence-corrected chi connectivity index (χ1v) is 9.92. The molecule has 0 bridgehead atoms. The molecule has 2 aromatic carbocycles. The van der Waals surface area contributed by atoms with Crippen molar-refractivity contribution in [3.63, 3.8) is 0 Å². The molecule has 0 fully saturated rings. The molecule has 0 amide bonds. The van der Waals surface area contributed by atoms with Crippen molar-refractivity contribution in [3.8, 4) is 0 Å². The molecule has 29 heavy (non-hydrogen) atoms. The lowest BCUT2D eigenvalue weighted by atomic mass is 10.1. The SMILES string of the molecule is O=c1c(CN(CCc2ccccc2)Cc2ccncc2)coc2ccc(Cl)cc12. The largest absolute Gasteiger partial charge is 0.464 e. The number of pyridine rings is 1. The number of halogens is 1. The topological polar surface area (TPSA) is 46.3 Å². The van der Waals surface area contributed by atoms with Crippen molar-refractivity contribution in [3.05, 3.63) is 111 Å². The summed E-state index contributed by atoms with van der Waals surface area (Å²) in [7, 11) is 0. The zero-order valence-electron chi connectivity index (χ0n) is 15.9. The standard InChI is InChI=1S/C24H21ClN2O2/c25-21-6-7-23-22(14-21)24(28)20(17-29-23)16-27(15-19-8-11-26-12-9-19)13-10-18-4-2-1-3-5-18/h1-9,11-12,14,17H,10,13,15-16H2. The molecule has 4 rings (SSSR count). The van der Waals surface area contributed by atoms with Crippen LogP contribution in [0.1, 0.15) is 16.7 Å². The number of hydrogen-bond acceptors (Lipinski definition) is 4. The van der Waals surface area contributed by atoms with Crippen LogP contribution in [0.5, 0.6) is 0 Å². The Hall–Kier alpha value is -2.95. The Balaban J connectivity index is 1.59. The maximum atomic E-state index is 13.0. The second kappa shape index (κ2) is 9.03. The van der Waals surface area contributed by atoms with E-state index in [0.29, 0.717) is 28.1 Å². The van der Waals surface area contributed by atoms with Crippen LogP contribution in [0.25, 0.3) is 11.0 Å². The van der Waals surface area contributed by atoms with Crippen LogP contribution in [0.2, 0.25) is 5.02 Å². The minimum absolute atomic E-state index is 0.0341. The molecule has 0 radical (unpaired) electrons. The first-order chi connectivity index (χ1) is 14.2. The van der Waals surface area contributed by atoms with E-state index in [1.807, 2.05) is 30.3 Å². The van der Waals surface area contributed by atoms with Gasteiger partial charge in [-0.05, 0) is 47.9 Å². The van der Waals surface area contributed by atoms with E-state index in [2.05, 4.69) is 22.0 Å². The van der Waals surface area contributed by atoms with Gasteiger partial charge in [-0.2, -0.15) is 0 Å². The number of fused-ring (bicyclic) bond motifs is 1. The van der Waals surface area contributed by atoms with Gasteiger partial charge in [0.15, 0.2) is 5.43 Å². The highest BCUT2D eigenvalue weighted by Gasteiger charge is 2.13. The summed E-state index contributed by atoms with van der Waals surface area (Å²) >= 11 is 6.08. The van der Waals surface area contributed by atoms with Crippen molar-refractivity contribution in [2.75, 3.05) is 6.54 Å². The van der Waals surface area contributed by atoms with E-state index in [1.54, 1.807) is 36.9 Å². The minimum atomic E-state index is -0.0341. The van der Waals surface area contributed by atoms with Crippen LogP contribution in [-0.2, 0) is 19.5 Å². The summed E-state index contributed by atoms with van der Waals surface area (Å²) in [5, 5.41) is 1.04. The van der Waals surface area contributed by atoms with E-state index in [4.69, 9.17) is 16.0 Å². The second-order valence-electron chi connectivity index (χ2n) is 7.03. The molecule has 0 aliphatic rings. The summed E-state index contributed by atoms with van der Waals surface area (Å²) in [6.45, 7) is 2.04. The fraction of sp³-hybridized carbons (Fsp3) is 0.167. The molecule has 2 aromatic heterocycles. The molecule has 0 saturated carbocycles. The zero-order chi connectivity index (χ0) is 20.1. The second-order valence-corrected chi connectivity index (χ2v) is 7.47. The predicted octanol–water partition coefficient (Wildman–Crippen LogP) is 5.09. The summed E-state index contributed by atoms with van der Waals surface area (Å²) in [6, 6.07) is 19.5. The van der Waals surface area contributed by atoms with Crippen LogP contribution in [0.4, 0.5) is 0 Å². The maximum Gasteiger partial charge on any atom is 0.197 e.